The SMILES string of the molecule is [2H]C([2H])([2H])c1cnc(-c2cccc(C([2H])([2H])[2H])c2F)cc1C([2H])(C)c1ccccc1. The first kappa shape index (κ1) is 8.97. The van der Waals surface area contributed by atoms with E-state index in [0.29, 0.717) is 5.56 Å². The monoisotopic (exact) mass is 312 g/mol. The van der Waals surface area contributed by atoms with E-state index in [9.17, 15) is 4.39 Å². The zero-order valence-electron chi connectivity index (χ0n) is 19.6. The van der Waals surface area contributed by atoms with E-state index in [1.165, 1.54) is 24.3 Å². The molecule has 0 saturated carbocycles. The Morgan fingerprint density at radius 3 is 2.57 bits per heavy atom. The molecule has 0 N–H and O–H groups in total. The number of aromatic nitrogens is 1. The van der Waals surface area contributed by atoms with E-state index >= 15 is 0 Å². The minimum Gasteiger partial charge on any atom is -0.256 e. The fourth-order valence-corrected chi connectivity index (χ4v) is 2.49. The van der Waals surface area contributed by atoms with Crippen LogP contribution in [0.3, 0.4) is 0 Å². The van der Waals surface area contributed by atoms with Gasteiger partial charge in [-0.25, -0.2) is 4.39 Å². The van der Waals surface area contributed by atoms with Gasteiger partial charge in [0.1, 0.15) is 5.82 Å². The smallest absolute Gasteiger partial charge is 0.135 e. The van der Waals surface area contributed by atoms with Gasteiger partial charge in [-0.2, -0.15) is 0 Å². The van der Waals surface area contributed by atoms with E-state index in [1.807, 2.05) is 0 Å². The van der Waals surface area contributed by atoms with E-state index in [1.54, 1.807) is 37.3 Å². The van der Waals surface area contributed by atoms with Gasteiger partial charge in [-0.3, -0.25) is 4.98 Å². The van der Waals surface area contributed by atoms with Gasteiger partial charge in [-0.1, -0.05) is 49.4 Å². The quantitative estimate of drug-likeness (QED) is 0.608. The summed E-state index contributed by atoms with van der Waals surface area (Å²) in [5.74, 6) is -2.40. The maximum atomic E-state index is 15.0. The van der Waals surface area contributed by atoms with Crippen LogP contribution >= 0.6 is 0 Å². The molecule has 0 bridgehead atoms. The summed E-state index contributed by atoms with van der Waals surface area (Å²) < 4.78 is 70.0. The predicted octanol–water partition coefficient (Wildman–Crippen LogP) is 5.66. The number of pyridine rings is 1. The highest BCUT2D eigenvalue weighted by Gasteiger charge is 2.15. The third kappa shape index (κ3) is 3.02. The lowest BCUT2D eigenvalue weighted by molar-refractivity contribution is 0.621. The highest BCUT2D eigenvalue weighted by atomic mass is 19.1. The van der Waals surface area contributed by atoms with Crippen LogP contribution in [0.4, 0.5) is 4.39 Å². The summed E-state index contributed by atoms with van der Waals surface area (Å²) in [5.41, 5.74) is 0.156. The Labute approximate surface area is 146 Å². The maximum Gasteiger partial charge on any atom is 0.135 e. The van der Waals surface area contributed by atoms with Gasteiger partial charge in [-0.05, 0) is 48.1 Å². The summed E-state index contributed by atoms with van der Waals surface area (Å²) in [4.78, 5) is 4.10. The number of rotatable bonds is 3. The Morgan fingerprint density at radius 2 is 1.83 bits per heavy atom. The van der Waals surface area contributed by atoms with Crippen molar-refractivity contribution in [3.63, 3.8) is 0 Å². The molecule has 0 spiro atoms. The summed E-state index contributed by atoms with van der Waals surface area (Å²) in [7, 11) is 0. The lowest BCUT2D eigenvalue weighted by Gasteiger charge is -2.16. The van der Waals surface area contributed by atoms with Crippen LogP contribution in [0.2, 0.25) is 0 Å². The van der Waals surface area contributed by atoms with Crippen molar-refractivity contribution in [3.05, 3.63) is 88.9 Å². The van der Waals surface area contributed by atoms with Gasteiger partial charge in [0.25, 0.3) is 0 Å². The highest BCUT2D eigenvalue weighted by Crippen LogP contribution is 2.30. The Balaban J connectivity index is 2.26. The molecule has 3 aromatic rings. The molecule has 1 heterocycles. The third-order valence-electron chi connectivity index (χ3n) is 3.79. The van der Waals surface area contributed by atoms with Crippen LogP contribution in [0.25, 0.3) is 11.3 Å². The molecule has 2 aromatic carbocycles. The molecular weight excluding hydrogens is 285 g/mol. The van der Waals surface area contributed by atoms with Crippen molar-refractivity contribution in [2.24, 2.45) is 0 Å². The van der Waals surface area contributed by atoms with E-state index < -0.39 is 31.0 Å². The maximum absolute atomic E-state index is 15.0. The summed E-state index contributed by atoms with van der Waals surface area (Å²) in [6.45, 7) is -3.61. The minimum atomic E-state index is -2.64. The minimum absolute atomic E-state index is 0.0640. The van der Waals surface area contributed by atoms with Gasteiger partial charge in [0.2, 0.25) is 0 Å². The molecule has 0 amide bonds. The summed E-state index contributed by atoms with van der Waals surface area (Å²) >= 11 is 0. The van der Waals surface area contributed by atoms with Crippen LogP contribution < -0.4 is 0 Å². The topological polar surface area (TPSA) is 12.9 Å². The second-order valence-electron chi connectivity index (χ2n) is 5.27. The number of halogens is 1. The van der Waals surface area contributed by atoms with Crippen LogP contribution in [-0.4, -0.2) is 4.98 Å². The van der Waals surface area contributed by atoms with E-state index in [2.05, 4.69) is 4.98 Å². The van der Waals surface area contributed by atoms with Crippen LogP contribution in [0.5, 0.6) is 0 Å². The highest BCUT2D eigenvalue weighted by molar-refractivity contribution is 5.62. The molecule has 0 aliphatic heterocycles. The van der Waals surface area contributed by atoms with E-state index in [4.69, 9.17) is 9.60 Å². The van der Waals surface area contributed by atoms with E-state index in [-0.39, 0.29) is 22.4 Å². The van der Waals surface area contributed by atoms with Gasteiger partial charge < -0.3 is 0 Å². The number of hydrogen-bond donors (Lipinski definition) is 0. The van der Waals surface area contributed by atoms with Crippen molar-refractivity contribution in [1.82, 2.24) is 4.98 Å². The third-order valence-corrected chi connectivity index (χ3v) is 3.79. The summed E-state index contributed by atoms with van der Waals surface area (Å²) in [6.07, 6.45) is 1.12. The first-order valence-corrected chi connectivity index (χ1v) is 7.19. The Bertz CT molecular complexity index is 1060. The Hall–Kier alpha value is -2.48. The van der Waals surface area contributed by atoms with Gasteiger partial charge in [0.05, 0.1) is 5.69 Å². The molecule has 116 valence electrons. The van der Waals surface area contributed by atoms with Crippen molar-refractivity contribution in [1.29, 1.82) is 0 Å². The fourth-order valence-electron chi connectivity index (χ4n) is 2.49. The molecule has 23 heavy (non-hydrogen) atoms. The Kier molecular flexibility index (Phi) is 2.47. The van der Waals surface area contributed by atoms with Gasteiger partial charge in [0, 0.05) is 27.2 Å². The van der Waals surface area contributed by atoms with Crippen molar-refractivity contribution in [3.8, 4) is 11.3 Å². The average molecular weight is 312 g/mol. The molecule has 1 aromatic heterocycles. The number of hydrogen-bond acceptors (Lipinski definition) is 1. The van der Waals surface area contributed by atoms with Gasteiger partial charge >= 0.3 is 0 Å². The standard InChI is InChI=1S/C21H20FN/c1-14-8-7-11-18(21(14)22)20-12-19(15(2)13-23-20)16(3)17-9-5-4-6-10-17/h4-13,16H,1-3H3/i1D3,2D3,16D. The first-order valence-electron chi connectivity index (χ1n) is 10.7. The van der Waals surface area contributed by atoms with Crippen molar-refractivity contribution < 1.29 is 14.0 Å². The number of aryl methyl sites for hydroxylation is 2. The second kappa shape index (κ2) is 6.33. The van der Waals surface area contributed by atoms with Crippen molar-refractivity contribution >= 4 is 0 Å². The van der Waals surface area contributed by atoms with Crippen LogP contribution in [0, 0.1) is 19.5 Å². The van der Waals surface area contributed by atoms with Crippen molar-refractivity contribution in [2.45, 2.75) is 26.5 Å². The molecule has 0 aliphatic rings. The molecule has 0 radical (unpaired) electrons. The normalized spacial score (nSPS) is 19.1. The molecule has 1 unspecified atom stereocenters. The van der Waals surface area contributed by atoms with Gasteiger partial charge in [0.15, 0.2) is 0 Å². The lowest BCUT2D eigenvalue weighted by Crippen LogP contribution is -2.01. The molecule has 1 nitrogen and oxygen atoms in total. The Morgan fingerprint density at radius 1 is 1.04 bits per heavy atom. The average Bonchev–Trinajstić information content (AvgIpc) is 2.67. The molecule has 3 rings (SSSR count). The number of benzene rings is 2. The zero-order chi connectivity index (χ0) is 22.3. The molecule has 2 heteroatoms. The van der Waals surface area contributed by atoms with Crippen LogP contribution in [0.1, 0.15) is 44.7 Å². The first-order chi connectivity index (χ1) is 13.8. The van der Waals surface area contributed by atoms with Crippen molar-refractivity contribution in [2.75, 3.05) is 0 Å². The number of nitrogens with zero attached hydrogens (tertiary/aromatic N) is 1. The van der Waals surface area contributed by atoms with Crippen LogP contribution in [-0.2, 0) is 0 Å². The van der Waals surface area contributed by atoms with Crippen LogP contribution in [0.15, 0.2) is 60.8 Å². The largest absolute Gasteiger partial charge is 0.256 e. The molecule has 0 fully saturated rings. The van der Waals surface area contributed by atoms with Gasteiger partial charge in [-0.15, -0.1) is 0 Å². The fraction of sp³-hybridized carbons (Fsp3) is 0.190. The molecule has 1 atom stereocenters. The zero-order valence-corrected chi connectivity index (χ0v) is 12.6. The summed E-state index contributed by atoms with van der Waals surface area (Å²) in [5, 5.41) is 0. The van der Waals surface area contributed by atoms with E-state index in [0.717, 1.165) is 6.20 Å². The summed E-state index contributed by atoms with van der Waals surface area (Å²) in [6, 6.07) is 14.1. The molecule has 0 aliphatic carbocycles. The predicted molar refractivity (Wildman–Crippen MR) is 93.1 cm³/mol. The molecular formula is C21H20FN. The second-order valence-corrected chi connectivity index (χ2v) is 5.27. The molecule has 0 saturated heterocycles. The lowest BCUT2D eigenvalue weighted by atomic mass is 9.90.